The summed E-state index contributed by atoms with van der Waals surface area (Å²) < 4.78 is 6.61. The summed E-state index contributed by atoms with van der Waals surface area (Å²) in [7, 11) is 3.75. The van der Waals surface area contributed by atoms with Gasteiger partial charge in [-0.3, -0.25) is 9.78 Å². The molecular formula is C24H24ClN7O3. The Balaban J connectivity index is 1.45. The quantitative estimate of drug-likeness (QED) is 0.437. The van der Waals surface area contributed by atoms with E-state index in [-0.39, 0.29) is 27.7 Å². The van der Waals surface area contributed by atoms with Crippen molar-refractivity contribution < 1.29 is 4.74 Å². The molecule has 2 N–H and O–H groups in total. The summed E-state index contributed by atoms with van der Waals surface area (Å²) >= 11 is 6.19. The molecule has 0 saturated carbocycles. The van der Waals surface area contributed by atoms with Crippen LogP contribution >= 0.6 is 11.6 Å². The Hall–Kier alpha value is -3.89. The van der Waals surface area contributed by atoms with Crippen LogP contribution in [0.5, 0.6) is 5.75 Å². The lowest BCUT2D eigenvalue weighted by atomic mass is 10.2. The molecule has 0 radical (unpaired) electrons. The van der Waals surface area contributed by atoms with Crippen LogP contribution in [0.1, 0.15) is 0 Å². The number of anilines is 3. The highest BCUT2D eigenvalue weighted by Gasteiger charge is 2.18. The van der Waals surface area contributed by atoms with E-state index in [0.29, 0.717) is 5.69 Å². The number of halogens is 1. The highest BCUT2D eigenvalue weighted by molar-refractivity contribution is 6.32. The van der Waals surface area contributed by atoms with Crippen molar-refractivity contribution in [2.75, 3.05) is 50.6 Å². The van der Waals surface area contributed by atoms with E-state index in [2.05, 4.69) is 37.1 Å². The van der Waals surface area contributed by atoms with Crippen molar-refractivity contribution in [1.82, 2.24) is 24.4 Å². The van der Waals surface area contributed by atoms with Crippen molar-refractivity contribution >= 4 is 40.0 Å². The molecule has 2 aromatic heterocycles. The first-order valence-electron chi connectivity index (χ1n) is 11.1. The number of nitrogens with one attached hydrogen (secondary N) is 2. The number of hydrogen-bond acceptors (Lipinski definition) is 8. The summed E-state index contributed by atoms with van der Waals surface area (Å²) in [6.45, 7) is 3.83. The first kappa shape index (κ1) is 22.9. The minimum absolute atomic E-state index is 0.127. The first-order valence-corrected chi connectivity index (χ1v) is 11.5. The zero-order chi connectivity index (χ0) is 24.5. The number of fused-ring (bicyclic) bond motifs is 1. The minimum atomic E-state index is -0.640. The second-order valence-corrected chi connectivity index (χ2v) is 8.69. The number of likely N-dealkylation sites (N-methyl/N-ethyl adjacent to an activating group) is 1. The number of ether oxygens (including phenoxy) is 1. The summed E-state index contributed by atoms with van der Waals surface area (Å²) in [6, 6.07) is 12.4. The summed E-state index contributed by atoms with van der Waals surface area (Å²) in [6.07, 6.45) is 1.38. The molecule has 180 valence electrons. The predicted octanol–water partition coefficient (Wildman–Crippen LogP) is 2.63. The highest BCUT2D eigenvalue weighted by atomic mass is 35.5. The maximum absolute atomic E-state index is 13.0. The van der Waals surface area contributed by atoms with E-state index in [1.807, 2.05) is 18.2 Å². The first-order chi connectivity index (χ1) is 16.9. The molecule has 1 aliphatic heterocycles. The lowest BCUT2D eigenvalue weighted by Gasteiger charge is -2.34. The van der Waals surface area contributed by atoms with Crippen molar-refractivity contribution in [3.05, 3.63) is 74.5 Å². The number of para-hydroxylation sites is 1. The summed E-state index contributed by atoms with van der Waals surface area (Å²) in [5.41, 5.74) is 0.958. The average Bonchev–Trinajstić information content (AvgIpc) is 2.85. The standard InChI is InChI=1S/C24H24ClN7O3/c1-30-9-11-31(12-10-30)19-8-7-15(13-20(19)35-2)27-23-26-14-16-21(28-23)29-24(34)32(22(16)33)18-6-4-3-5-17(18)25/h3-8,13-14H,9-12H2,1-2H3,(H2,26,27,28,29,34). The molecular weight excluding hydrogens is 470 g/mol. The smallest absolute Gasteiger partial charge is 0.334 e. The predicted molar refractivity (Wildman–Crippen MR) is 137 cm³/mol. The minimum Gasteiger partial charge on any atom is -0.495 e. The molecule has 0 spiro atoms. The van der Waals surface area contributed by atoms with Crippen molar-refractivity contribution in [2.24, 2.45) is 0 Å². The van der Waals surface area contributed by atoms with Gasteiger partial charge in [0.15, 0.2) is 5.65 Å². The third-order valence-electron chi connectivity index (χ3n) is 6.02. The highest BCUT2D eigenvalue weighted by Crippen LogP contribution is 2.32. The molecule has 10 nitrogen and oxygen atoms in total. The number of aromatic amines is 1. The number of benzene rings is 2. The van der Waals surface area contributed by atoms with Gasteiger partial charge in [0.05, 0.1) is 23.5 Å². The van der Waals surface area contributed by atoms with Crippen LogP contribution in [0.2, 0.25) is 5.02 Å². The van der Waals surface area contributed by atoms with Gasteiger partial charge in [-0.15, -0.1) is 0 Å². The van der Waals surface area contributed by atoms with E-state index < -0.39 is 11.2 Å². The molecule has 2 aromatic carbocycles. The van der Waals surface area contributed by atoms with Gasteiger partial charge in [-0.25, -0.2) is 14.3 Å². The molecule has 11 heteroatoms. The average molecular weight is 494 g/mol. The van der Waals surface area contributed by atoms with Gasteiger partial charge in [-0.2, -0.15) is 4.98 Å². The molecule has 4 aromatic rings. The van der Waals surface area contributed by atoms with Gasteiger partial charge in [0.2, 0.25) is 5.95 Å². The molecule has 1 aliphatic rings. The third kappa shape index (κ3) is 4.45. The maximum Gasteiger partial charge on any atom is 0.334 e. The Morgan fingerprint density at radius 1 is 1.06 bits per heavy atom. The van der Waals surface area contributed by atoms with Crippen molar-refractivity contribution in [3.8, 4) is 11.4 Å². The molecule has 5 rings (SSSR count). The lowest BCUT2D eigenvalue weighted by molar-refractivity contribution is 0.311. The second-order valence-electron chi connectivity index (χ2n) is 8.28. The fourth-order valence-electron chi connectivity index (χ4n) is 4.11. The monoisotopic (exact) mass is 493 g/mol. The van der Waals surface area contributed by atoms with Gasteiger partial charge in [-0.1, -0.05) is 23.7 Å². The molecule has 0 atom stereocenters. The number of hydrogen-bond donors (Lipinski definition) is 2. The molecule has 1 saturated heterocycles. The van der Waals surface area contributed by atoms with Crippen LogP contribution in [0.15, 0.2) is 58.3 Å². The third-order valence-corrected chi connectivity index (χ3v) is 6.34. The number of nitrogens with zero attached hydrogens (tertiary/aromatic N) is 5. The Morgan fingerprint density at radius 3 is 2.57 bits per heavy atom. The van der Waals surface area contributed by atoms with E-state index >= 15 is 0 Å². The normalized spacial score (nSPS) is 14.3. The molecule has 3 heterocycles. The van der Waals surface area contributed by atoms with E-state index in [4.69, 9.17) is 16.3 Å². The van der Waals surface area contributed by atoms with E-state index in [9.17, 15) is 9.59 Å². The molecule has 1 fully saturated rings. The zero-order valence-corrected chi connectivity index (χ0v) is 20.0. The Morgan fingerprint density at radius 2 is 1.83 bits per heavy atom. The Kier molecular flexibility index (Phi) is 6.14. The van der Waals surface area contributed by atoms with E-state index in [1.54, 1.807) is 31.4 Å². The SMILES string of the molecule is COc1cc(Nc2ncc3c(=O)n(-c4ccccc4Cl)c(=O)[nH]c3n2)ccc1N1CCN(C)CC1. The van der Waals surface area contributed by atoms with Crippen LogP contribution in [-0.4, -0.2) is 64.8 Å². The topological polar surface area (TPSA) is 108 Å². The van der Waals surface area contributed by atoms with Gasteiger partial charge < -0.3 is 19.9 Å². The summed E-state index contributed by atoms with van der Waals surface area (Å²) in [5.74, 6) is 0.966. The van der Waals surface area contributed by atoms with Gasteiger partial charge in [-0.05, 0) is 31.3 Å². The Bertz CT molecular complexity index is 1510. The fraction of sp³-hybridized carbons (Fsp3) is 0.250. The van der Waals surface area contributed by atoms with Gasteiger partial charge in [0.1, 0.15) is 11.1 Å². The van der Waals surface area contributed by atoms with Crippen molar-refractivity contribution in [1.29, 1.82) is 0 Å². The number of aromatic nitrogens is 4. The van der Waals surface area contributed by atoms with Gasteiger partial charge >= 0.3 is 5.69 Å². The van der Waals surface area contributed by atoms with Gasteiger partial charge in [0.25, 0.3) is 5.56 Å². The van der Waals surface area contributed by atoms with Gasteiger partial charge in [0, 0.05) is 44.1 Å². The molecule has 0 bridgehead atoms. The lowest BCUT2D eigenvalue weighted by Crippen LogP contribution is -2.44. The molecule has 0 unspecified atom stereocenters. The largest absolute Gasteiger partial charge is 0.495 e. The zero-order valence-electron chi connectivity index (χ0n) is 19.3. The van der Waals surface area contributed by atoms with Crippen LogP contribution in [0.4, 0.5) is 17.3 Å². The molecule has 35 heavy (non-hydrogen) atoms. The maximum atomic E-state index is 13.0. The van der Waals surface area contributed by atoms with Crippen LogP contribution < -0.4 is 26.2 Å². The number of methoxy groups -OCH3 is 1. The second kappa shape index (κ2) is 9.40. The fourth-order valence-corrected chi connectivity index (χ4v) is 4.33. The number of piperazine rings is 1. The van der Waals surface area contributed by atoms with E-state index in [1.165, 1.54) is 6.20 Å². The summed E-state index contributed by atoms with van der Waals surface area (Å²) in [5, 5.41) is 3.57. The Labute approximate surface area is 205 Å². The molecule has 0 aliphatic carbocycles. The van der Waals surface area contributed by atoms with Crippen LogP contribution in [0, 0.1) is 0 Å². The number of rotatable bonds is 5. The van der Waals surface area contributed by atoms with Crippen LogP contribution in [-0.2, 0) is 0 Å². The van der Waals surface area contributed by atoms with E-state index in [0.717, 1.165) is 42.2 Å². The summed E-state index contributed by atoms with van der Waals surface area (Å²) in [4.78, 5) is 41.6. The van der Waals surface area contributed by atoms with Crippen molar-refractivity contribution in [2.45, 2.75) is 0 Å². The number of H-pyrrole nitrogens is 1. The van der Waals surface area contributed by atoms with Crippen molar-refractivity contribution in [3.63, 3.8) is 0 Å². The van der Waals surface area contributed by atoms with Crippen LogP contribution in [0.3, 0.4) is 0 Å². The molecule has 0 amide bonds. The van der Waals surface area contributed by atoms with Crippen LogP contribution in [0.25, 0.3) is 16.7 Å².